The van der Waals surface area contributed by atoms with E-state index in [4.69, 9.17) is 4.74 Å². The van der Waals surface area contributed by atoms with Gasteiger partial charge >= 0.3 is 12.1 Å². The summed E-state index contributed by atoms with van der Waals surface area (Å²) in [6.45, 7) is 1.61. The van der Waals surface area contributed by atoms with Crippen LogP contribution in [0, 0.1) is 0 Å². The van der Waals surface area contributed by atoms with E-state index in [1.165, 1.54) is 18.3 Å². The first-order valence-corrected chi connectivity index (χ1v) is 5.31. The van der Waals surface area contributed by atoms with Crippen LogP contribution in [0.25, 0.3) is 10.9 Å². The van der Waals surface area contributed by atoms with Crippen LogP contribution in [0.4, 0.5) is 13.2 Å². The molecule has 2 aromatic rings. The molecule has 0 aliphatic heterocycles. The number of rotatable bonds is 2. The number of ether oxygens (including phenoxy) is 1. The maximum Gasteiger partial charge on any atom is 0.418 e. The Labute approximate surface area is 101 Å². The first kappa shape index (κ1) is 12.5. The number of para-hydroxylation sites is 1. The van der Waals surface area contributed by atoms with Crippen molar-refractivity contribution in [3.63, 3.8) is 0 Å². The number of carbonyl (C=O) groups excluding carboxylic acids is 1. The molecule has 1 aromatic carbocycles. The van der Waals surface area contributed by atoms with Crippen LogP contribution in [0.5, 0.6) is 5.75 Å². The third-order valence-corrected chi connectivity index (χ3v) is 2.50. The highest BCUT2D eigenvalue weighted by Gasteiger charge is 2.33. The van der Waals surface area contributed by atoms with Crippen LogP contribution in [0.15, 0.2) is 24.4 Å². The van der Waals surface area contributed by atoms with Gasteiger partial charge in [0.05, 0.1) is 11.1 Å². The average Bonchev–Trinajstić information content (AvgIpc) is 2.71. The molecule has 0 spiro atoms. The predicted octanol–water partition coefficient (Wildman–Crippen LogP) is 3.50. The first-order valence-electron chi connectivity index (χ1n) is 5.31. The molecule has 0 saturated heterocycles. The first-order chi connectivity index (χ1) is 8.43. The van der Waals surface area contributed by atoms with Crippen LogP contribution in [-0.2, 0) is 11.0 Å². The summed E-state index contributed by atoms with van der Waals surface area (Å²) in [5, 5.41) is 0.242. The molecule has 0 amide bonds. The normalized spacial score (nSPS) is 11.8. The van der Waals surface area contributed by atoms with E-state index in [2.05, 4.69) is 4.98 Å². The van der Waals surface area contributed by atoms with Gasteiger partial charge in [-0.2, -0.15) is 13.2 Å². The van der Waals surface area contributed by atoms with Gasteiger partial charge in [0.25, 0.3) is 0 Å². The number of esters is 1. The van der Waals surface area contributed by atoms with E-state index in [1.807, 2.05) is 0 Å². The van der Waals surface area contributed by atoms with E-state index in [-0.39, 0.29) is 23.1 Å². The summed E-state index contributed by atoms with van der Waals surface area (Å²) in [7, 11) is 0. The fourth-order valence-electron chi connectivity index (χ4n) is 1.64. The summed E-state index contributed by atoms with van der Waals surface area (Å²) >= 11 is 0. The lowest BCUT2D eigenvalue weighted by Gasteiger charge is -2.07. The molecule has 0 radical (unpaired) electrons. The highest BCUT2D eigenvalue weighted by molar-refractivity contribution is 5.91. The van der Waals surface area contributed by atoms with E-state index >= 15 is 0 Å². The smallest absolute Gasteiger partial charge is 0.418 e. The minimum absolute atomic E-state index is 0.0797. The Morgan fingerprint density at radius 1 is 1.39 bits per heavy atom. The van der Waals surface area contributed by atoms with E-state index in [0.717, 1.165) is 6.07 Å². The fourth-order valence-corrected chi connectivity index (χ4v) is 1.64. The molecule has 0 saturated carbocycles. The number of aromatic amines is 1. The molecule has 3 nitrogen and oxygen atoms in total. The molecule has 1 N–H and O–H groups in total. The number of H-pyrrole nitrogens is 1. The second kappa shape index (κ2) is 4.36. The van der Waals surface area contributed by atoms with Crippen molar-refractivity contribution in [2.75, 3.05) is 0 Å². The van der Waals surface area contributed by atoms with Crippen LogP contribution in [0.3, 0.4) is 0 Å². The summed E-state index contributed by atoms with van der Waals surface area (Å²) < 4.78 is 43.1. The summed E-state index contributed by atoms with van der Waals surface area (Å²) in [5.41, 5.74) is -0.859. The van der Waals surface area contributed by atoms with E-state index in [1.54, 1.807) is 6.92 Å². The maximum atomic E-state index is 12.7. The van der Waals surface area contributed by atoms with Crippen molar-refractivity contribution in [3.05, 3.63) is 30.0 Å². The van der Waals surface area contributed by atoms with Crippen molar-refractivity contribution < 1.29 is 22.7 Å². The molecule has 2 rings (SSSR count). The summed E-state index contributed by atoms with van der Waals surface area (Å²) in [5.74, 6) is -0.378. The van der Waals surface area contributed by atoms with Gasteiger partial charge in [-0.15, -0.1) is 0 Å². The molecule has 1 aromatic heterocycles. The maximum absolute atomic E-state index is 12.7. The highest BCUT2D eigenvalue weighted by Crippen LogP contribution is 2.37. The Morgan fingerprint density at radius 2 is 2.11 bits per heavy atom. The van der Waals surface area contributed by atoms with E-state index < -0.39 is 17.7 Å². The average molecular weight is 257 g/mol. The van der Waals surface area contributed by atoms with Gasteiger partial charge in [0.2, 0.25) is 0 Å². The van der Waals surface area contributed by atoms with Gasteiger partial charge in [0, 0.05) is 18.0 Å². The Hall–Kier alpha value is -1.98. The monoisotopic (exact) mass is 257 g/mol. The topological polar surface area (TPSA) is 42.1 Å². The summed E-state index contributed by atoms with van der Waals surface area (Å²) in [4.78, 5) is 13.6. The van der Waals surface area contributed by atoms with Gasteiger partial charge in [-0.1, -0.05) is 13.0 Å². The van der Waals surface area contributed by atoms with Crippen molar-refractivity contribution in [2.24, 2.45) is 0 Å². The molecular weight excluding hydrogens is 247 g/mol. The number of hydrogen-bond acceptors (Lipinski definition) is 2. The molecule has 0 fully saturated rings. The van der Waals surface area contributed by atoms with Crippen molar-refractivity contribution in [1.29, 1.82) is 0 Å². The molecular formula is C12H10F3NO2. The van der Waals surface area contributed by atoms with E-state index in [0.29, 0.717) is 0 Å². The second-order valence-electron chi connectivity index (χ2n) is 3.71. The Morgan fingerprint density at radius 3 is 2.72 bits per heavy atom. The van der Waals surface area contributed by atoms with Crippen molar-refractivity contribution in [2.45, 2.75) is 19.5 Å². The predicted molar refractivity (Wildman–Crippen MR) is 59.2 cm³/mol. The lowest BCUT2D eigenvalue weighted by Crippen LogP contribution is -2.06. The number of fused-ring (bicyclic) bond motifs is 1. The summed E-state index contributed by atoms with van der Waals surface area (Å²) in [6.07, 6.45) is -3.03. The number of aromatic nitrogens is 1. The Bertz CT molecular complexity index is 587. The number of alkyl halides is 3. The van der Waals surface area contributed by atoms with Gasteiger partial charge in [-0.25, -0.2) is 0 Å². The molecule has 0 unspecified atom stereocenters. The van der Waals surface area contributed by atoms with E-state index in [9.17, 15) is 18.0 Å². The zero-order valence-corrected chi connectivity index (χ0v) is 9.47. The highest BCUT2D eigenvalue weighted by atomic mass is 19.4. The zero-order chi connectivity index (χ0) is 13.3. The number of nitrogens with one attached hydrogen (secondary N) is 1. The Balaban J connectivity index is 2.52. The van der Waals surface area contributed by atoms with Crippen LogP contribution < -0.4 is 4.74 Å². The van der Waals surface area contributed by atoms with Gasteiger partial charge < -0.3 is 9.72 Å². The Kier molecular flexibility index (Phi) is 3.02. The zero-order valence-electron chi connectivity index (χ0n) is 9.47. The number of benzene rings is 1. The molecule has 0 aliphatic carbocycles. The molecule has 0 aliphatic rings. The van der Waals surface area contributed by atoms with Crippen LogP contribution >= 0.6 is 0 Å². The SMILES string of the molecule is CCC(=O)Oc1c[nH]c2c(C(F)(F)F)cccc12. The molecule has 6 heteroatoms. The minimum atomic E-state index is -4.45. The fraction of sp³-hybridized carbons (Fsp3) is 0.250. The quantitative estimate of drug-likeness (QED) is 0.836. The molecule has 0 bridgehead atoms. The van der Waals surface area contributed by atoms with Crippen molar-refractivity contribution in [3.8, 4) is 5.75 Å². The lowest BCUT2D eigenvalue weighted by atomic mass is 10.1. The van der Waals surface area contributed by atoms with Gasteiger partial charge in [-0.3, -0.25) is 4.79 Å². The third-order valence-electron chi connectivity index (χ3n) is 2.50. The number of carbonyl (C=O) groups is 1. The van der Waals surface area contributed by atoms with Gasteiger partial charge in [0.1, 0.15) is 0 Å². The number of hydrogen-bond donors (Lipinski definition) is 1. The second-order valence-corrected chi connectivity index (χ2v) is 3.71. The van der Waals surface area contributed by atoms with Crippen LogP contribution in [0.2, 0.25) is 0 Å². The largest absolute Gasteiger partial charge is 0.424 e. The third kappa shape index (κ3) is 2.18. The van der Waals surface area contributed by atoms with Gasteiger partial charge in [-0.05, 0) is 12.1 Å². The minimum Gasteiger partial charge on any atom is -0.424 e. The lowest BCUT2D eigenvalue weighted by molar-refractivity contribution is -0.136. The standard InChI is InChI=1S/C12H10F3NO2/c1-2-10(17)18-9-6-16-11-7(9)4-3-5-8(11)12(13,14)15/h3-6,16H,2H2,1H3. The molecule has 0 atom stereocenters. The number of halogens is 3. The van der Waals surface area contributed by atoms with Gasteiger partial charge in [0.15, 0.2) is 5.75 Å². The van der Waals surface area contributed by atoms with Crippen LogP contribution in [-0.4, -0.2) is 11.0 Å². The molecule has 18 heavy (non-hydrogen) atoms. The summed E-state index contributed by atoms with van der Waals surface area (Å²) in [6, 6.07) is 3.73. The molecule has 1 heterocycles. The van der Waals surface area contributed by atoms with Crippen molar-refractivity contribution in [1.82, 2.24) is 4.98 Å². The molecule has 96 valence electrons. The van der Waals surface area contributed by atoms with Crippen molar-refractivity contribution >= 4 is 16.9 Å². The van der Waals surface area contributed by atoms with Crippen LogP contribution in [0.1, 0.15) is 18.9 Å².